The molecule has 0 bridgehead atoms. The quantitative estimate of drug-likeness (QED) is 0.133. The molecule has 468 valence electrons. The van der Waals surface area contributed by atoms with E-state index in [1.165, 1.54) is 27.5 Å². The van der Waals surface area contributed by atoms with E-state index >= 15 is 0 Å². The maximum atomic E-state index is 6.90. The van der Waals surface area contributed by atoms with E-state index in [0.717, 1.165) is 183 Å². The fourth-order valence-electron chi connectivity index (χ4n) is 16.4. The molecule has 0 saturated heterocycles. The van der Waals surface area contributed by atoms with Gasteiger partial charge in [0.15, 0.2) is 0 Å². The van der Waals surface area contributed by atoms with Crippen molar-refractivity contribution in [1.82, 2.24) is 0 Å². The molecule has 0 atom stereocenters. The molecule has 0 radical (unpaired) electrons. The Morgan fingerprint density at radius 2 is 0.580 bits per heavy atom. The van der Waals surface area contributed by atoms with Gasteiger partial charge in [-0.2, -0.15) is 0 Å². The number of para-hydroxylation sites is 8. The molecule has 7 nitrogen and oxygen atoms in total. The third-order valence-corrected chi connectivity index (χ3v) is 21.0. The van der Waals surface area contributed by atoms with Crippen LogP contribution in [-0.4, -0.2) is 6.71 Å². The summed E-state index contributed by atoms with van der Waals surface area (Å²) < 4.78 is 27.5. The standard InChI is InChI=1S/C92H58BN3O4/c1-55-37-43-61(44-38-55)94(62-45-39-56(2)40-46-62)65-53-82-88-83(54-65)96(64-20-12-18-58(50-64)67-26-14-30-75-71-22-4-8-34-85(71)98-90(67)75)81-52-60(69-28-16-32-77-73-24-6-10-36-87(73)100-92(69)77)42-48-79(81)93(88)78-47-41-59(68-27-15-31-76-72-23-5-9-35-86(72)99-91(68)76)51-80(78)95(82)63-19-11-17-57(49-63)66-25-13-29-74-70-21-3-7-33-84(70)97-89(66)74/h3-54H,1-2H3. The lowest BCUT2D eigenvalue weighted by Gasteiger charge is -2.45. The number of furan rings is 4. The number of fused-ring (bicyclic) bond motifs is 16. The van der Waals surface area contributed by atoms with Gasteiger partial charge in [-0.05, 0) is 150 Å². The zero-order valence-electron chi connectivity index (χ0n) is 54.6. The van der Waals surface area contributed by atoms with Crippen LogP contribution in [0.4, 0.5) is 51.2 Å². The van der Waals surface area contributed by atoms with Crippen molar-refractivity contribution < 1.29 is 17.7 Å². The molecular weight excluding hydrogens is 1220 g/mol. The van der Waals surface area contributed by atoms with Crippen LogP contribution in [0.2, 0.25) is 0 Å². The summed E-state index contributed by atoms with van der Waals surface area (Å²) in [5.74, 6) is 0. The molecule has 2 aliphatic rings. The van der Waals surface area contributed by atoms with Crippen LogP contribution in [0.3, 0.4) is 0 Å². The van der Waals surface area contributed by atoms with Crippen molar-refractivity contribution in [2.24, 2.45) is 0 Å². The Balaban J connectivity index is 0.875. The third kappa shape index (κ3) is 8.53. The molecule has 0 amide bonds. The van der Waals surface area contributed by atoms with Gasteiger partial charge in [0.25, 0.3) is 6.71 Å². The van der Waals surface area contributed by atoms with Crippen LogP contribution in [-0.2, 0) is 0 Å². The summed E-state index contributed by atoms with van der Waals surface area (Å²) in [7, 11) is 0. The second-order valence-electron chi connectivity index (χ2n) is 26.8. The van der Waals surface area contributed by atoms with Crippen LogP contribution < -0.4 is 31.1 Å². The molecule has 100 heavy (non-hydrogen) atoms. The first kappa shape index (κ1) is 56.2. The van der Waals surface area contributed by atoms with Crippen molar-refractivity contribution >= 4 is 162 Å². The maximum Gasteiger partial charge on any atom is 0.252 e. The second kappa shape index (κ2) is 21.7. The average Bonchev–Trinajstić information content (AvgIpc) is 0.952. The van der Waals surface area contributed by atoms with Gasteiger partial charge in [0.05, 0.1) is 5.69 Å². The highest BCUT2D eigenvalue weighted by Gasteiger charge is 2.45. The van der Waals surface area contributed by atoms with Crippen LogP contribution in [0.15, 0.2) is 333 Å². The molecule has 21 rings (SSSR count). The van der Waals surface area contributed by atoms with Gasteiger partial charge in [0, 0.05) is 111 Å². The number of rotatable bonds is 9. The Morgan fingerprint density at radius 3 is 0.940 bits per heavy atom. The maximum absolute atomic E-state index is 6.90. The van der Waals surface area contributed by atoms with E-state index in [4.69, 9.17) is 17.7 Å². The van der Waals surface area contributed by atoms with E-state index < -0.39 is 0 Å². The Hall–Kier alpha value is -13.0. The number of nitrogens with zero attached hydrogens (tertiary/aromatic N) is 3. The highest BCUT2D eigenvalue weighted by molar-refractivity contribution is 7.00. The minimum Gasteiger partial charge on any atom is -0.455 e. The Morgan fingerprint density at radius 1 is 0.260 bits per heavy atom. The molecule has 8 heteroatoms. The monoisotopic (exact) mass is 1280 g/mol. The Bertz CT molecular complexity index is 6220. The van der Waals surface area contributed by atoms with Gasteiger partial charge in [-0.1, -0.05) is 230 Å². The highest BCUT2D eigenvalue weighted by Crippen LogP contribution is 2.52. The molecule has 0 saturated carbocycles. The summed E-state index contributed by atoms with van der Waals surface area (Å²) in [6, 6.07) is 115. The SMILES string of the molecule is Cc1ccc(N(c2ccc(C)cc2)c2cc3c4c(c2)N(c2cccc(-c5cccc6c5oc5ccccc56)c2)c2cc(-c5cccc6c5oc5ccccc56)ccc2B4c2ccc(-c4cccc5c4oc4ccccc45)cc2N3c2cccc(-c3cccc4c3oc3ccccc34)c2)cc1. The lowest BCUT2D eigenvalue weighted by atomic mass is 9.33. The third-order valence-electron chi connectivity index (χ3n) is 21.0. The second-order valence-corrected chi connectivity index (χ2v) is 26.8. The normalized spacial score (nSPS) is 12.6. The van der Waals surface area contributed by atoms with Gasteiger partial charge < -0.3 is 32.4 Å². The van der Waals surface area contributed by atoms with E-state index in [9.17, 15) is 0 Å². The molecule has 0 fully saturated rings. The molecule has 4 aromatic heterocycles. The predicted octanol–water partition coefficient (Wildman–Crippen LogP) is 24.1. The predicted molar refractivity (Wildman–Crippen MR) is 415 cm³/mol. The molecule has 6 heterocycles. The van der Waals surface area contributed by atoms with Gasteiger partial charge >= 0.3 is 0 Å². The van der Waals surface area contributed by atoms with Crippen LogP contribution in [0, 0.1) is 13.8 Å². The molecular formula is C92H58BN3O4. The largest absolute Gasteiger partial charge is 0.455 e. The van der Waals surface area contributed by atoms with Crippen molar-refractivity contribution in [3.05, 3.63) is 327 Å². The fourth-order valence-corrected chi connectivity index (χ4v) is 16.4. The van der Waals surface area contributed by atoms with Crippen LogP contribution >= 0.6 is 0 Å². The number of hydrogen-bond donors (Lipinski definition) is 0. The lowest BCUT2D eigenvalue weighted by molar-refractivity contribution is 0.669. The van der Waals surface area contributed by atoms with Crippen molar-refractivity contribution in [1.29, 1.82) is 0 Å². The first-order valence-corrected chi connectivity index (χ1v) is 34.2. The number of anilines is 9. The summed E-state index contributed by atoms with van der Waals surface area (Å²) in [6.07, 6.45) is 0. The minimum absolute atomic E-state index is 0.268. The summed E-state index contributed by atoms with van der Waals surface area (Å²) >= 11 is 0. The zero-order chi connectivity index (χ0) is 65.8. The Kier molecular flexibility index (Phi) is 12.2. The van der Waals surface area contributed by atoms with Gasteiger partial charge in [-0.15, -0.1) is 0 Å². The van der Waals surface area contributed by atoms with E-state index in [2.05, 4.69) is 320 Å². The van der Waals surface area contributed by atoms with Crippen molar-refractivity contribution in [2.45, 2.75) is 13.8 Å². The van der Waals surface area contributed by atoms with Crippen LogP contribution in [0.25, 0.3) is 132 Å². The Labute approximate surface area is 575 Å². The molecule has 2 aliphatic heterocycles. The summed E-state index contributed by atoms with van der Waals surface area (Å²) in [5, 5.41) is 8.69. The van der Waals surface area contributed by atoms with Gasteiger partial charge in [0.2, 0.25) is 0 Å². The van der Waals surface area contributed by atoms with Gasteiger partial charge in [0.1, 0.15) is 44.7 Å². The van der Waals surface area contributed by atoms with E-state index in [1.807, 2.05) is 24.3 Å². The van der Waals surface area contributed by atoms with Crippen molar-refractivity contribution in [3.63, 3.8) is 0 Å². The molecule has 0 unspecified atom stereocenters. The lowest BCUT2D eigenvalue weighted by Crippen LogP contribution is -2.61. The van der Waals surface area contributed by atoms with Gasteiger partial charge in [-0.25, -0.2) is 0 Å². The number of benzene rings is 15. The van der Waals surface area contributed by atoms with Gasteiger partial charge in [-0.3, -0.25) is 0 Å². The van der Waals surface area contributed by atoms with E-state index in [0.29, 0.717) is 0 Å². The topological polar surface area (TPSA) is 62.3 Å². The first-order chi connectivity index (χ1) is 49.4. The van der Waals surface area contributed by atoms with Crippen LogP contribution in [0.5, 0.6) is 0 Å². The van der Waals surface area contributed by atoms with E-state index in [-0.39, 0.29) is 6.71 Å². The number of hydrogen-bond acceptors (Lipinski definition) is 7. The van der Waals surface area contributed by atoms with Crippen molar-refractivity contribution in [2.75, 3.05) is 14.7 Å². The molecule has 19 aromatic rings. The summed E-state index contributed by atoms with van der Waals surface area (Å²) in [6.45, 7) is 4.05. The molecule has 0 aliphatic carbocycles. The number of aryl methyl sites for hydroxylation is 2. The summed E-state index contributed by atoms with van der Waals surface area (Å²) in [5.41, 5.74) is 30.2. The zero-order valence-corrected chi connectivity index (χ0v) is 54.6. The smallest absolute Gasteiger partial charge is 0.252 e. The van der Waals surface area contributed by atoms with Crippen LogP contribution in [0.1, 0.15) is 11.1 Å². The first-order valence-electron chi connectivity index (χ1n) is 34.2. The van der Waals surface area contributed by atoms with E-state index in [1.54, 1.807) is 0 Å². The fraction of sp³-hybridized carbons (Fsp3) is 0.0217. The highest BCUT2D eigenvalue weighted by atomic mass is 16.3. The minimum atomic E-state index is -0.268. The molecule has 15 aromatic carbocycles. The molecule has 0 N–H and O–H groups in total. The average molecular weight is 1280 g/mol. The van der Waals surface area contributed by atoms with Crippen molar-refractivity contribution in [3.8, 4) is 44.5 Å². The molecule has 0 spiro atoms. The summed E-state index contributed by atoms with van der Waals surface area (Å²) in [4.78, 5) is 7.51.